The Bertz CT molecular complexity index is 923. The lowest BCUT2D eigenvalue weighted by molar-refractivity contribution is -0.147. The van der Waals surface area contributed by atoms with E-state index < -0.39 is 5.97 Å². The van der Waals surface area contributed by atoms with Gasteiger partial charge in [-0.2, -0.15) is 0 Å². The fraction of sp³-hybridized carbons (Fsp3) is 0.217. The number of esters is 1. The van der Waals surface area contributed by atoms with E-state index in [1.54, 1.807) is 4.90 Å². The van der Waals surface area contributed by atoms with Gasteiger partial charge in [-0.05, 0) is 61.7 Å². The van der Waals surface area contributed by atoms with Crippen molar-refractivity contribution in [1.82, 2.24) is 0 Å². The molecule has 1 N–H and O–H groups in total. The first-order chi connectivity index (χ1) is 14.0. The summed E-state index contributed by atoms with van der Waals surface area (Å²) in [5.41, 5.74) is 2.69. The number of benzene rings is 2. The number of hydrogen-bond donors (Lipinski definition) is 1. The van der Waals surface area contributed by atoms with Gasteiger partial charge in [-0.15, -0.1) is 11.3 Å². The van der Waals surface area contributed by atoms with E-state index >= 15 is 0 Å². The van der Waals surface area contributed by atoms with E-state index in [0.717, 1.165) is 21.9 Å². The third-order valence-electron chi connectivity index (χ3n) is 4.25. The lowest BCUT2D eigenvalue weighted by Crippen LogP contribution is -2.40. The van der Waals surface area contributed by atoms with Crippen LogP contribution in [-0.2, 0) is 20.7 Å². The van der Waals surface area contributed by atoms with Crippen LogP contribution in [0.4, 0.5) is 17.1 Å². The van der Waals surface area contributed by atoms with Crippen LogP contribution in [0.15, 0.2) is 72.1 Å². The molecule has 0 aliphatic carbocycles. The van der Waals surface area contributed by atoms with Gasteiger partial charge in [-0.25, -0.2) is 0 Å². The van der Waals surface area contributed by atoms with Gasteiger partial charge in [0.2, 0.25) is 0 Å². The first-order valence-electron chi connectivity index (χ1n) is 9.45. The number of carbonyl (C=O) groups excluding carboxylic acids is 2. The summed E-state index contributed by atoms with van der Waals surface area (Å²) in [4.78, 5) is 27.2. The molecule has 3 aromatic rings. The summed E-state index contributed by atoms with van der Waals surface area (Å²) in [6.45, 7) is 3.59. The third-order valence-corrected chi connectivity index (χ3v) is 5.12. The number of hydrogen-bond acceptors (Lipinski definition) is 5. The number of rotatable bonds is 8. The van der Waals surface area contributed by atoms with Gasteiger partial charge >= 0.3 is 5.97 Å². The number of carbonyl (C=O) groups is 2. The summed E-state index contributed by atoms with van der Waals surface area (Å²) < 4.78 is 5.20. The van der Waals surface area contributed by atoms with Crippen LogP contribution in [0, 0.1) is 0 Å². The average molecular weight is 409 g/mol. The second-order valence-electron chi connectivity index (χ2n) is 6.81. The fourth-order valence-electron chi connectivity index (χ4n) is 2.94. The van der Waals surface area contributed by atoms with Crippen molar-refractivity contribution >= 4 is 40.3 Å². The zero-order valence-corrected chi connectivity index (χ0v) is 17.3. The molecule has 0 saturated carbocycles. The predicted octanol–water partition coefficient (Wildman–Crippen LogP) is 5.02. The molecule has 0 spiro atoms. The van der Waals surface area contributed by atoms with Crippen LogP contribution in [0.5, 0.6) is 0 Å². The Morgan fingerprint density at radius 3 is 2.28 bits per heavy atom. The molecule has 1 aromatic heterocycles. The maximum atomic E-state index is 12.7. The highest BCUT2D eigenvalue weighted by Crippen LogP contribution is 2.23. The zero-order valence-electron chi connectivity index (χ0n) is 16.5. The average Bonchev–Trinajstić information content (AvgIpc) is 3.21. The van der Waals surface area contributed by atoms with Crippen LogP contribution in [0.1, 0.15) is 18.7 Å². The largest absolute Gasteiger partial charge is 0.455 e. The summed E-state index contributed by atoms with van der Waals surface area (Å²) in [6, 6.07) is 21.2. The predicted molar refractivity (Wildman–Crippen MR) is 118 cm³/mol. The van der Waals surface area contributed by atoms with E-state index in [4.69, 9.17) is 4.74 Å². The minimum Gasteiger partial charge on any atom is -0.455 e. The van der Waals surface area contributed by atoms with E-state index in [1.165, 1.54) is 11.3 Å². The molecule has 0 saturated heterocycles. The fourth-order valence-corrected chi connectivity index (χ4v) is 3.63. The molecule has 0 aliphatic rings. The van der Waals surface area contributed by atoms with Gasteiger partial charge in [0.05, 0.1) is 6.42 Å². The lowest BCUT2D eigenvalue weighted by atomic mass is 10.2. The van der Waals surface area contributed by atoms with E-state index in [2.05, 4.69) is 5.32 Å². The normalized spacial score (nSPS) is 10.6. The van der Waals surface area contributed by atoms with Crippen LogP contribution >= 0.6 is 11.3 Å². The Labute approximate surface area is 174 Å². The maximum absolute atomic E-state index is 12.7. The number of para-hydroxylation sites is 1. The van der Waals surface area contributed by atoms with Gasteiger partial charge in [0.1, 0.15) is 0 Å². The number of thiophene rings is 1. The SMILES string of the molecule is CC(C)N(C(=O)COC(=O)Cc1cccs1)c1ccc(Nc2ccccc2)cc1. The second kappa shape index (κ2) is 9.89. The Morgan fingerprint density at radius 2 is 1.66 bits per heavy atom. The molecule has 2 aromatic carbocycles. The molecule has 29 heavy (non-hydrogen) atoms. The van der Waals surface area contributed by atoms with E-state index in [9.17, 15) is 9.59 Å². The monoisotopic (exact) mass is 408 g/mol. The third kappa shape index (κ3) is 5.93. The Hall–Kier alpha value is -3.12. The minimum absolute atomic E-state index is 0.0635. The molecule has 0 atom stereocenters. The molecule has 1 heterocycles. The van der Waals surface area contributed by atoms with Gasteiger partial charge < -0.3 is 15.0 Å². The van der Waals surface area contributed by atoms with Crippen LogP contribution in [-0.4, -0.2) is 24.5 Å². The summed E-state index contributed by atoms with van der Waals surface area (Å²) >= 11 is 1.49. The molecule has 0 unspecified atom stereocenters. The molecule has 5 nitrogen and oxygen atoms in total. The van der Waals surface area contributed by atoms with Crippen LogP contribution in [0.25, 0.3) is 0 Å². The van der Waals surface area contributed by atoms with E-state index in [1.807, 2.05) is 86.0 Å². The van der Waals surface area contributed by atoms with Gasteiger partial charge in [0.15, 0.2) is 6.61 Å². The summed E-state index contributed by atoms with van der Waals surface area (Å²) in [6.07, 6.45) is 0.187. The van der Waals surface area contributed by atoms with E-state index in [0.29, 0.717) is 0 Å². The lowest BCUT2D eigenvalue weighted by Gasteiger charge is -2.27. The first kappa shape index (κ1) is 20.6. The van der Waals surface area contributed by atoms with Crippen molar-refractivity contribution < 1.29 is 14.3 Å². The molecule has 0 aliphatic heterocycles. The van der Waals surface area contributed by atoms with Crippen LogP contribution < -0.4 is 10.2 Å². The molecular weight excluding hydrogens is 384 g/mol. The van der Waals surface area contributed by atoms with Crippen molar-refractivity contribution in [2.45, 2.75) is 26.3 Å². The minimum atomic E-state index is -0.396. The number of amides is 1. The standard InChI is InChI=1S/C23H24N2O3S/c1-17(2)25(22(26)16-28-23(27)15-21-9-6-14-29-21)20-12-10-19(11-13-20)24-18-7-4-3-5-8-18/h3-14,17,24H,15-16H2,1-2H3. The highest BCUT2D eigenvalue weighted by Gasteiger charge is 2.20. The van der Waals surface area contributed by atoms with Gasteiger partial charge in [0, 0.05) is 28.0 Å². The molecule has 0 bridgehead atoms. The summed E-state index contributed by atoms with van der Waals surface area (Å²) in [5, 5.41) is 5.23. The molecule has 3 rings (SSSR count). The van der Waals surface area contributed by atoms with Crippen molar-refractivity contribution in [3.63, 3.8) is 0 Å². The quantitative estimate of drug-likeness (QED) is 0.532. The van der Waals surface area contributed by atoms with Gasteiger partial charge in [-0.1, -0.05) is 24.3 Å². The van der Waals surface area contributed by atoms with Crippen molar-refractivity contribution in [2.75, 3.05) is 16.8 Å². The zero-order chi connectivity index (χ0) is 20.6. The summed E-state index contributed by atoms with van der Waals surface area (Å²) in [5.74, 6) is -0.643. The summed E-state index contributed by atoms with van der Waals surface area (Å²) in [7, 11) is 0. The number of nitrogens with zero attached hydrogens (tertiary/aromatic N) is 1. The van der Waals surface area contributed by atoms with Crippen LogP contribution in [0.3, 0.4) is 0 Å². The highest BCUT2D eigenvalue weighted by atomic mass is 32.1. The molecule has 1 amide bonds. The van der Waals surface area contributed by atoms with E-state index in [-0.39, 0.29) is 25.0 Å². The topological polar surface area (TPSA) is 58.6 Å². The van der Waals surface area contributed by atoms with Crippen molar-refractivity contribution in [3.05, 3.63) is 77.0 Å². The highest BCUT2D eigenvalue weighted by molar-refractivity contribution is 7.10. The van der Waals surface area contributed by atoms with Gasteiger partial charge in [-0.3, -0.25) is 9.59 Å². The maximum Gasteiger partial charge on any atom is 0.311 e. The van der Waals surface area contributed by atoms with Crippen molar-refractivity contribution in [2.24, 2.45) is 0 Å². The Balaban J connectivity index is 1.60. The molecule has 150 valence electrons. The number of ether oxygens (including phenoxy) is 1. The molecule has 6 heteroatoms. The number of anilines is 3. The first-order valence-corrected chi connectivity index (χ1v) is 10.3. The molecular formula is C23H24N2O3S. The van der Waals surface area contributed by atoms with Gasteiger partial charge in [0.25, 0.3) is 5.91 Å². The second-order valence-corrected chi connectivity index (χ2v) is 7.84. The Kier molecular flexibility index (Phi) is 7.03. The molecule has 0 radical (unpaired) electrons. The smallest absolute Gasteiger partial charge is 0.311 e. The van der Waals surface area contributed by atoms with Crippen molar-refractivity contribution in [1.29, 1.82) is 0 Å². The Morgan fingerprint density at radius 1 is 0.966 bits per heavy atom. The number of nitrogens with one attached hydrogen (secondary N) is 1. The van der Waals surface area contributed by atoms with Crippen molar-refractivity contribution in [3.8, 4) is 0 Å². The van der Waals surface area contributed by atoms with Crippen LogP contribution in [0.2, 0.25) is 0 Å². The molecule has 0 fully saturated rings.